The maximum atomic E-state index is 12.3. The van der Waals surface area contributed by atoms with E-state index < -0.39 is 16.2 Å². The smallest absolute Gasteiger partial charge is 0.336 e. The largest absolute Gasteiger partial charge is 0.481 e. The van der Waals surface area contributed by atoms with Crippen LogP contribution in [0.1, 0.15) is 28.9 Å². The van der Waals surface area contributed by atoms with Gasteiger partial charge in [0.2, 0.25) is 11.8 Å². The second-order valence-corrected chi connectivity index (χ2v) is 7.64. The molecule has 1 aromatic heterocycles. The molecule has 1 aliphatic rings. The number of hydrogen-bond acceptors (Lipinski definition) is 7. The summed E-state index contributed by atoms with van der Waals surface area (Å²) in [6, 6.07) is 6.73. The Morgan fingerprint density at radius 1 is 1.18 bits per heavy atom. The van der Waals surface area contributed by atoms with E-state index in [4.69, 9.17) is 4.74 Å². The highest BCUT2D eigenvalue weighted by molar-refractivity contribution is 7.91. The lowest BCUT2D eigenvalue weighted by molar-refractivity contribution is 0.0968. The van der Waals surface area contributed by atoms with Crippen molar-refractivity contribution in [3.8, 4) is 5.88 Å². The van der Waals surface area contributed by atoms with Gasteiger partial charge in [0.1, 0.15) is 0 Å². The molecule has 0 bridgehead atoms. The SMILES string of the molecule is COc1cc(C)nc(NC(=O)NS(=O)(=O)Nc2ccccc2C(=O)C2CC2)n1. The molecule has 11 heteroatoms. The minimum absolute atomic E-state index is 0.0737. The number of Topliss-reactive ketones (excluding diaryl/α,β-unsaturated/α-hetero) is 1. The average molecular weight is 405 g/mol. The maximum absolute atomic E-state index is 12.3. The number of urea groups is 1. The number of aryl methyl sites for hydroxylation is 1. The third-order valence-corrected chi connectivity index (χ3v) is 4.82. The van der Waals surface area contributed by atoms with E-state index in [9.17, 15) is 18.0 Å². The van der Waals surface area contributed by atoms with Crippen LogP contribution in [0.25, 0.3) is 0 Å². The van der Waals surface area contributed by atoms with Crippen molar-refractivity contribution < 1.29 is 22.7 Å². The molecule has 1 aliphatic carbocycles. The van der Waals surface area contributed by atoms with Gasteiger partial charge in [-0.15, -0.1) is 0 Å². The molecule has 0 radical (unpaired) electrons. The van der Waals surface area contributed by atoms with Gasteiger partial charge in [-0.1, -0.05) is 12.1 Å². The molecular weight excluding hydrogens is 386 g/mol. The van der Waals surface area contributed by atoms with Crippen molar-refractivity contribution in [1.82, 2.24) is 14.7 Å². The van der Waals surface area contributed by atoms with E-state index >= 15 is 0 Å². The van der Waals surface area contributed by atoms with Crippen LogP contribution in [-0.4, -0.2) is 37.3 Å². The van der Waals surface area contributed by atoms with Crippen LogP contribution < -0.4 is 19.5 Å². The third-order valence-electron chi connectivity index (χ3n) is 3.88. The third kappa shape index (κ3) is 4.94. The van der Waals surface area contributed by atoms with Gasteiger partial charge in [0.05, 0.1) is 12.8 Å². The quantitative estimate of drug-likeness (QED) is 0.597. The normalized spacial score (nSPS) is 13.5. The molecule has 2 amide bonds. The minimum atomic E-state index is -4.29. The number of anilines is 2. The van der Waals surface area contributed by atoms with Gasteiger partial charge in [-0.2, -0.15) is 13.4 Å². The number of hydrogen-bond donors (Lipinski definition) is 3. The summed E-state index contributed by atoms with van der Waals surface area (Å²) in [4.78, 5) is 32.2. The molecule has 0 spiro atoms. The lowest BCUT2D eigenvalue weighted by Crippen LogP contribution is -2.38. The first kappa shape index (κ1) is 19.5. The summed E-state index contributed by atoms with van der Waals surface area (Å²) in [5, 5.41) is 2.23. The Morgan fingerprint density at radius 3 is 2.57 bits per heavy atom. The van der Waals surface area contributed by atoms with Crippen molar-refractivity contribution in [2.24, 2.45) is 5.92 Å². The molecule has 3 N–H and O–H groups in total. The number of ketones is 1. The van der Waals surface area contributed by atoms with Crippen molar-refractivity contribution in [3.63, 3.8) is 0 Å². The van der Waals surface area contributed by atoms with Crippen molar-refractivity contribution in [3.05, 3.63) is 41.6 Å². The number of para-hydroxylation sites is 1. The molecule has 1 heterocycles. The summed E-state index contributed by atoms with van der Waals surface area (Å²) in [5.74, 6) is -0.0940. The minimum Gasteiger partial charge on any atom is -0.481 e. The van der Waals surface area contributed by atoms with E-state index in [1.54, 1.807) is 35.9 Å². The van der Waals surface area contributed by atoms with Gasteiger partial charge in [-0.3, -0.25) is 14.8 Å². The van der Waals surface area contributed by atoms with Crippen LogP contribution in [0.4, 0.5) is 16.4 Å². The molecule has 0 saturated heterocycles. The Hall–Kier alpha value is -3.21. The lowest BCUT2D eigenvalue weighted by Gasteiger charge is -2.13. The number of aromatic nitrogens is 2. The molecule has 10 nitrogen and oxygen atoms in total. The first-order chi connectivity index (χ1) is 13.3. The summed E-state index contributed by atoms with van der Waals surface area (Å²) >= 11 is 0. The van der Waals surface area contributed by atoms with Crippen LogP contribution in [0.3, 0.4) is 0 Å². The Balaban J connectivity index is 1.70. The van der Waals surface area contributed by atoms with E-state index in [0.717, 1.165) is 12.8 Å². The molecule has 2 aromatic rings. The second kappa shape index (κ2) is 7.80. The molecule has 28 heavy (non-hydrogen) atoms. The monoisotopic (exact) mass is 405 g/mol. The Labute approximate surface area is 161 Å². The number of nitrogens with zero attached hydrogens (tertiary/aromatic N) is 2. The number of ether oxygens (including phenoxy) is 1. The summed E-state index contributed by atoms with van der Waals surface area (Å²) in [6.45, 7) is 1.67. The molecular formula is C17H19N5O5S. The zero-order valence-corrected chi connectivity index (χ0v) is 16.0. The topological polar surface area (TPSA) is 139 Å². The van der Waals surface area contributed by atoms with Crippen LogP contribution in [0.2, 0.25) is 0 Å². The number of amides is 2. The molecule has 0 unspecified atom stereocenters. The molecule has 0 atom stereocenters. The molecule has 148 valence electrons. The number of carbonyl (C=O) groups is 2. The second-order valence-electron chi connectivity index (χ2n) is 6.22. The van der Waals surface area contributed by atoms with Gasteiger partial charge in [-0.25, -0.2) is 14.5 Å². The van der Waals surface area contributed by atoms with E-state index in [1.165, 1.54) is 13.2 Å². The summed E-state index contributed by atoms with van der Waals surface area (Å²) in [5.41, 5.74) is 0.895. The lowest BCUT2D eigenvalue weighted by atomic mass is 10.1. The molecule has 1 aromatic carbocycles. The average Bonchev–Trinajstić information content (AvgIpc) is 3.45. The van der Waals surface area contributed by atoms with Crippen LogP contribution >= 0.6 is 0 Å². The van der Waals surface area contributed by atoms with Gasteiger partial charge in [0.15, 0.2) is 5.78 Å². The van der Waals surface area contributed by atoms with E-state index in [1.807, 2.05) is 0 Å². The van der Waals surface area contributed by atoms with Gasteiger partial charge in [0.25, 0.3) is 0 Å². The summed E-state index contributed by atoms with van der Waals surface area (Å²) in [7, 11) is -2.89. The van der Waals surface area contributed by atoms with Gasteiger partial charge >= 0.3 is 16.2 Å². The predicted molar refractivity (Wildman–Crippen MR) is 102 cm³/mol. The van der Waals surface area contributed by atoms with Crippen LogP contribution in [0.5, 0.6) is 5.88 Å². The van der Waals surface area contributed by atoms with Crippen LogP contribution in [0, 0.1) is 12.8 Å². The number of nitrogens with one attached hydrogen (secondary N) is 3. The highest BCUT2D eigenvalue weighted by Crippen LogP contribution is 2.34. The molecule has 1 saturated carbocycles. The van der Waals surface area contributed by atoms with Gasteiger partial charge in [-0.05, 0) is 31.9 Å². The first-order valence-electron chi connectivity index (χ1n) is 8.42. The van der Waals surface area contributed by atoms with E-state index in [2.05, 4.69) is 20.0 Å². The predicted octanol–water partition coefficient (Wildman–Crippen LogP) is 1.86. The standard InChI is InChI=1S/C17H19N5O5S/c1-10-9-14(27-2)19-16(18-10)20-17(24)22-28(25,26)21-13-6-4-3-5-12(13)15(23)11-7-8-11/h3-6,9,11,21H,7-8H2,1-2H3,(H2,18,19,20,22,24). The van der Waals surface area contributed by atoms with Crippen molar-refractivity contribution >= 4 is 33.7 Å². The number of benzene rings is 1. The maximum Gasteiger partial charge on any atom is 0.336 e. The number of carbonyl (C=O) groups excluding carboxylic acids is 2. The highest BCUT2D eigenvalue weighted by Gasteiger charge is 2.32. The fraction of sp³-hybridized carbons (Fsp3) is 0.294. The van der Waals surface area contributed by atoms with Gasteiger partial charge in [0, 0.05) is 23.2 Å². The van der Waals surface area contributed by atoms with E-state index in [-0.39, 0.29) is 34.8 Å². The molecule has 1 fully saturated rings. The van der Waals surface area contributed by atoms with Crippen LogP contribution in [-0.2, 0) is 10.2 Å². The Morgan fingerprint density at radius 2 is 1.89 bits per heavy atom. The fourth-order valence-electron chi connectivity index (χ4n) is 2.47. The van der Waals surface area contributed by atoms with Crippen LogP contribution in [0.15, 0.2) is 30.3 Å². The first-order valence-corrected chi connectivity index (χ1v) is 9.90. The molecule has 0 aliphatic heterocycles. The fourth-order valence-corrected chi connectivity index (χ4v) is 3.29. The Bertz CT molecular complexity index is 1020. The zero-order valence-electron chi connectivity index (χ0n) is 15.2. The van der Waals surface area contributed by atoms with Crippen molar-refractivity contribution in [2.75, 3.05) is 17.1 Å². The number of rotatable bonds is 7. The number of methoxy groups -OCH3 is 1. The Kier molecular flexibility index (Phi) is 5.45. The summed E-state index contributed by atoms with van der Waals surface area (Å²) < 4.78 is 33.6. The highest BCUT2D eigenvalue weighted by atomic mass is 32.2. The molecule has 3 rings (SSSR count). The van der Waals surface area contributed by atoms with Crippen molar-refractivity contribution in [2.45, 2.75) is 19.8 Å². The van der Waals surface area contributed by atoms with Crippen molar-refractivity contribution in [1.29, 1.82) is 0 Å². The van der Waals surface area contributed by atoms with Gasteiger partial charge < -0.3 is 4.74 Å². The van der Waals surface area contributed by atoms with E-state index in [0.29, 0.717) is 5.69 Å². The zero-order chi connectivity index (χ0) is 20.3. The summed E-state index contributed by atoms with van der Waals surface area (Å²) in [6.07, 6.45) is 1.58.